The smallest absolute Gasteiger partial charge is 0.251 e. The van der Waals surface area contributed by atoms with E-state index in [4.69, 9.17) is 0 Å². The summed E-state index contributed by atoms with van der Waals surface area (Å²) in [5.74, 6) is -1.02. The second kappa shape index (κ2) is 8.09. The van der Waals surface area contributed by atoms with Gasteiger partial charge in [-0.25, -0.2) is 9.29 Å². The van der Waals surface area contributed by atoms with E-state index in [0.717, 1.165) is 30.6 Å². The van der Waals surface area contributed by atoms with Crippen LogP contribution < -0.4 is 4.90 Å². The molecule has 0 spiro atoms. The molecule has 4 nitrogen and oxygen atoms in total. The maximum atomic E-state index is 14.3. The summed E-state index contributed by atoms with van der Waals surface area (Å²) in [4.78, 5) is 29.5. The number of benzene rings is 1. The SMILES string of the molecule is O=C1CC(N(C2CCCCC2)C2CCCCC2)C(=O)N1c1ccccc1F. The van der Waals surface area contributed by atoms with Crippen molar-refractivity contribution in [1.82, 2.24) is 4.90 Å². The van der Waals surface area contributed by atoms with Crippen molar-refractivity contribution in [3.05, 3.63) is 30.1 Å². The molecule has 0 aromatic heterocycles. The first kappa shape index (κ1) is 18.6. The van der Waals surface area contributed by atoms with Crippen LogP contribution in [0, 0.1) is 5.82 Å². The third kappa shape index (κ3) is 3.66. The van der Waals surface area contributed by atoms with E-state index in [9.17, 15) is 14.0 Å². The molecule has 27 heavy (non-hydrogen) atoms. The highest BCUT2D eigenvalue weighted by Crippen LogP contribution is 2.36. The molecule has 1 aliphatic heterocycles. The molecule has 0 bridgehead atoms. The highest BCUT2D eigenvalue weighted by atomic mass is 19.1. The van der Waals surface area contributed by atoms with E-state index >= 15 is 0 Å². The van der Waals surface area contributed by atoms with E-state index < -0.39 is 11.9 Å². The Morgan fingerprint density at radius 3 is 1.96 bits per heavy atom. The number of hydrogen-bond acceptors (Lipinski definition) is 3. The van der Waals surface area contributed by atoms with Crippen molar-refractivity contribution in [1.29, 1.82) is 0 Å². The maximum Gasteiger partial charge on any atom is 0.251 e. The molecule has 1 aromatic rings. The molecule has 2 amide bonds. The van der Waals surface area contributed by atoms with Crippen LogP contribution in [0.2, 0.25) is 0 Å². The van der Waals surface area contributed by atoms with Crippen molar-refractivity contribution in [2.75, 3.05) is 4.90 Å². The summed E-state index contributed by atoms with van der Waals surface area (Å²) in [6, 6.07) is 6.42. The standard InChI is InChI=1S/C22H29FN2O2/c23-18-13-7-8-14-19(18)25-21(26)15-20(22(25)27)24(16-9-3-1-4-10-16)17-11-5-2-6-12-17/h7-8,13-14,16-17,20H,1-6,9-12,15H2. The summed E-state index contributed by atoms with van der Waals surface area (Å²) in [5, 5.41) is 0. The Bertz CT molecular complexity index is 677. The Kier molecular flexibility index (Phi) is 5.58. The van der Waals surface area contributed by atoms with Gasteiger partial charge in [0.15, 0.2) is 0 Å². The van der Waals surface area contributed by atoms with E-state index in [0.29, 0.717) is 12.1 Å². The van der Waals surface area contributed by atoms with Crippen LogP contribution in [0.1, 0.15) is 70.6 Å². The summed E-state index contributed by atoms with van der Waals surface area (Å²) in [6.45, 7) is 0. The van der Waals surface area contributed by atoms with Gasteiger partial charge < -0.3 is 0 Å². The van der Waals surface area contributed by atoms with Gasteiger partial charge in [-0.3, -0.25) is 14.5 Å². The molecule has 0 N–H and O–H groups in total. The van der Waals surface area contributed by atoms with Gasteiger partial charge in [0.1, 0.15) is 5.82 Å². The summed E-state index contributed by atoms with van der Waals surface area (Å²) in [6.07, 6.45) is 11.9. The van der Waals surface area contributed by atoms with Gasteiger partial charge in [-0.15, -0.1) is 0 Å². The van der Waals surface area contributed by atoms with Gasteiger partial charge in [-0.05, 0) is 37.8 Å². The number of amides is 2. The third-order valence-electron chi connectivity index (χ3n) is 6.57. The maximum absolute atomic E-state index is 14.3. The first-order chi connectivity index (χ1) is 13.2. The molecule has 146 valence electrons. The number of carbonyl (C=O) groups excluding carboxylic acids is 2. The van der Waals surface area contributed by atoms with Gasteiger partial charge in [0.05, 0.1) is 18.2 Å². The molecular formula is C22H29FN2O2. The van der Waals surface area contributed by atoms with Crippen LogP contribution in [0.15, 0.2) is 24.3 Å². The number of para-hydroxylation sites is 1. The number of rotatable bonds is 4. The average molecular weight is 372 g/mol. The van der Waals surface area contributed by atoms with Crippen molar-refractivity contribution in [2.24, 2.45) is 0 Å². The fraction of sp³-hybridized carbons (Fsp3) is 0.636. The summed E-state index contributed by atoms with van der Waals surface area (Å²) in [7, 11) is 0. The van der Waals surface area contributed by atoms with Crippen molar-refractivity contribution in [3.8, 4) is 0 Å². The Hall–Kier alpha value is -1.75. The van der Waals surface area contributed by atoms with Crippen LogP contribution in [0.4, 0.5) is 10.1 Å². The van der Waals surface area contributed by atoms with Gasteiger partial charge >= 0.3 is 0 Å². The van der Waals surface area contributed by atoms with Gasteiger partial charge in [0.25, 0.3) is 5.91 Å². The van der Waals surface area contributed by atoms with Crippen LogP contribution in [-0.2, 0) is 9.59 Å². The molecule has 1 atom stereocenters. The number of nitrogens with zero attached hydrogens (tertiary/aromatic N) is 2. The molecule has 2 aliphatic carbocycles. The van der Waals surface area contributed by atoms with E-state index in [1.165, 1.54) is 50.7 Å². The molecule has 1 heterocycles. The minimum atomic E-state index is -0.512. The molecule has 3 aliphatic rings. The summed E-state index contributed by atoms with van der Waals surface area (Å²) < 4.78 is 14.3. The zero-order chi connectivity index (χ0) is 18.8. The monoisotopic (exact) mass is 372 g/mol. The van der Waals surface area contributed by atoms with Crippen molar-refractivity contribution < 1.29 is 14.0 Å². The van der Waals surface area contributed by atoms with Gasteiger partial charge in [-0.1, -0.05) is 50.7 Å². The lowest BCUT2D eigenvalue weighted by atomic mass is 9.87. The Balaban J connectivity index is 1.62. The molecule has 3 fully saturated rings. The lowest BCUT2D eigenvalue weighted by Gasteiger charge is -2.44. The largest absolute Gasteiger partial charge is 0.286 e. The predicted molar refractivity (Wildman–Crippen MR) is 103 cm³/mol. The molecule has 2 saturated carbocycles. The fourth-order valence-corrected chi connectivity index (χ4v) is 5.30. The molecule has 5 heteroatoms. The van der Waals surface area contributed by atoms with E-state index in [1.807, 2.05) is 0 Å². The van der Waals surface area contributed by atoms with Crippen molar-refractivity contribution in [3.63, 3.8) is 0 Å². The number of halogens is 1. The number of carbonyl (C=O) groups is 2. The minimum absolute atomic E-state index is 0.0993. The zero-order valence-electron chi connectivity index (χ0n) is 15.9. The van der Waals surface area contributed by atoms with Crippen LogP contribution >= 0.6 is 0 Å². The fourth-order valence-electron chi connectivity index (χ4n) is 5.30. The number of hydrogen-bond donors (Lipinski definition) is 0. The highest BCUT2D eigenvalue weighted by molar-refractivity contribution is 6.22. The predicted octanol–water partition coefficient (Wildman–Crippen LogP) is 4.43. The van der Waals surface area contributed by atoms with Crippen LogP contribution in [0.5, 0.6) is 0 Å². The lowest BCUT2D eigenvalue weighted by Crippen LogP contribution is -2.53. The molecule has 1 saturated heterocycles. The first-order valence-corrected chi connectivity index (χ1v) is 10.6. The molecule has 1 unspecified atom stereocenters. The molecule has 4 rings (SSSR count). The molecule has 1 aromatic carbocycles. The Labute approximate surface area is 160 Å². The highest BCUT2D eigenvalue weighted by Gasteiger charge is 2.47. The van der Waals surface area contributed by atoms with Gasteiger partial charge in [-0.2, -0.15) is 0 Å². The summed E-state index contributed by atoms with van der Waals surface area (Å²) in [5.41, 5.74) is 0.0993. The second-order valence-electron chi connectivity index (χ2n) is 8.27. The van der Waals surface area contributed by atoms with Crippen molar-refractivity contribution >= 4 is 17.5 Å². The van der Waals surface area contributed by atoms with Crippen molar-refractivity contribution in [2.45, 2.75) is 88.8 Å². The van der Waals surface area contributed by atoms with E-state index in [-0.39, 0.29) is 23.9 Å². The van der Waals surface area contributed by atoms with E-state index in [2.05, 4.69) is 4.90 Å². The van der Waals surface area contributed by atoms with Crippen LogP contribution in [0.3, 0.4) is 0 Å². The molecule has 0 radical (unpaired) electrons. The topological polar surface area (TPSA) is 40.6 Å². The Morgan fingerprint density at radius 2 is 1.41 bits per heavy atom. The Morgan fingerprint density at radius 1 is 0.852 bits per heavy atom. The van der Waals surface area contributed by atoms with Gasteiger partial charge in [0.2, 0.25) is 5.91 Å². The molecular weight excluding hydrogens is 343 g/mol. The first-order valence-electron chi connectivity index (χ1n) is 10.6. The minimum Gasteiger partial charge on any atom is -0.286 e. The normalized spacial score (nSPS) is 25.6. The lowest BCUT2D eigenvalue weighted by molar-refractivity contribution is -0.124. The zero-order valence-corrected chi connectivity index (χ0v) is 15.9. The average Bonchev–Trinajstić information content (AvgIpc) is 2.98. The van der Waals surface area contributed by atoms with Crippen LogP contribution in [0.25, 0.3) is 0 Å². The van der Waals surface area contributed by atoms with Crippen LogP contribution in [-0.4, -0.2) is 34.8 Å². The summed E-state index contributed by atoms with van der Waals surface area (Å²) >= 11 is 0. The second-order valence-corrected chi connectivity index (χ2v) is 8.27. The third-order valence-corrected chi connectivity index (χ3v) is 6.57. The number of imide groups is 1. The quantitative estimate of drug-likeness (QED) is 0.735. The van der Waals surface area contributed by atoms with E-state index in [1.54, 1.807) is 12.1 Å². The number of anilines is 1. The van der Waals surface area contributed by atoms with Gasteiger partial charge in [0, 0.05) is 12.1 Å².